The van der Waals surface area contributed by atoms with Crippen LogP contribution < -0.4 is 10.5 Å². The van der Waals surface area contributed by atoms with Gasteiger partial charge in [-0.25, -0.2) is 18.1 Å². The number of nitrogens with zero attached hydrogens (tertiary/aromatic N) is 1. The van der Waals surface area contributed by atoms with E-state index in [9.17, 15) is 8.42 Å². The molecule has 0 unspecified atom stereocenters. The Morgan fingerprint density at radius 1 is 1.33 bits per heavy atom. The third kappa shape index (κ3) is 3.68. The molecule has 0 spiro atoms. The Balaban J connectivity index is 2.44. The normalized spacial score (nSPS) is 10.8. The summed E-state index contributed by atoms with van der Waals surface area (Å²) in [5.74, 6) is 5.43. The van der Waals surface area contributed by atoms with Crippen LogP contribution >= 0.6 is 23.2 Å². The smallest absolute Gasteiger partial charge is 0.267 e. The average Bonchev–Trinajstić information content (AvgIpc) is 2.87. The molecule has 9 heteroatoms. The van der Waals surface area contributed by atoms with E-state index in [2.05, 4.69) is 26.5 Å². The molecule has 110 valence electrons. The van der Waals surface area contributed by atoms with Crippen molar-refractivity contribution in [2.24, 2.45) is 5.73 Å². The van der Waals surface area contributed by atoms with Gasteiger partial charge in [0.1, 0.15) is 4.90 Å². The number of hydrogen-bond donors (Lipinski definition) is 3. The van der Waals surface area contributed by atoms with Gasteiger partial charge in [-0.05, 0) is 12.1 Å². The third-order valence-electron chi connectivity index (χ3n) is 2.33. The largest absolute Gasteiger partial charge is 0.330 e. The van der Waals surface area contributed by atoms with E-state index in [1.807, 2.05) is 0 Å². The molecule has 2 aromatic rings. The predicted octanol–water partition coefficient (Wildman–Crippen LogP) is 1.83. The topological polar surface area (TPSA) is 101 Å². The minimum Gasteiger partial charge on any atom is -0.330 e. The van der Waals surface area contributed by atoms with Gasteiger partial charge in [-0.2, -0.15) is 0 Å². The maximum absolute atomic E-state index is 12.3. The van der Waals surface area contributed by atoms with Gasteiger partial charge in [-0.1, -0.05) is 35.0 Å². The van der Waals surface area contributed by atoms with Crippen LogP contribution in [-0.4, -0.2) is 24.9 Å². The van der Waals surface area contributed by atoms with Gasteiger partial charge < -0.3 is 10.7 Å². The molecule has 0 fully saturated rings. The molecule has 21 heavy (non-hydrogen) atoms. The molecule has 0 radical (unpaired) electrons. The second kappa shape index (κ2) is 6.37. The van der Waals surface area contributed by atoms with E-state index in [0.717, 1.165) is 0 Å². The summed E-state index contributed by atoms with van der Waals surface area (Å²) < 4.78 is 26.8. The highest BCUT2D eigenvalue weighted by molar-refractivity contribution is 7.93. The van der Waals surface area contributed by atoms with Crippen molar-refractivity contribution in [3.05, 3.63) is 40.1 Å². The van der Waals surface area contributed by atoms with E-state index >= 15 is 0 Å². The predicted molar refractivity (Wildman–Crippen MR) is 81.8 cm³/mol. The van der Waals surface area contributed by atoms with Gasteiger partial charge in [0, 0.05) is 18.0 Å². The van der Waals surface area contributed by atoms with Crippen molar-refractivity contribution in [1.29, 1.82) is 0 Å². The highest BCUT2D eigenvalue weighted by Gasteiger charge is 2.23. The molecule has 1 aromatic heterocycles. The minimum absolute atomic E-state index is 0.0390. The fourth-order valence-electron chi connectivity index (χ4n) is 1.54. The number of halogens is 2. The number of benzene rings is 1. The van der Waals surface area contributed by atoms with E-state index < -0.39 is 10.0 Å². The minimum atomic E-state index is -3.96. The highest BCUT2D eigenvalue weighted by atomic mass is 35.5. The van der Waals surface area contributed by atoms with Gasteiger partial charge in [0.25, 0.3) is 10.0 Å². The monoisotopic (exact) mass is 344 g/mol. The number of aromatic nitrogens is 2. The standard InChI is InChI=1S/C12H10Cl2N4O2S/c13-9-6-8(2-1-3-15)7-10(14)11(9)21(19,20)18-12-16-4-5-17-12/h4-7H,3,15H2,(H2,16,17,18). The average molecular weight is 345 g/mol. The maximum Gasteiger partial charge on any atom is 0.267 e. The van der Waals surface area contributed by atoms with Crippen molar-refractivity contribution in [2.45, 2.75) is 4.90 Å². The second-order valence-corrected chi connectivity index (χ2v) is 6.25. The molecule has 4 N–H and O–H groups in total. The number of H-pyrrole nitrogens is 1. The van der Waals surface area contributed by atoms with E-state index in [0.29, 0.717) is 5.56 Å². The molecule has 6 nitrogen and oxygen atoms in total. The van der Waals surface area contributed by atoms with Gasteiger partial charge in [0.2, 0.25) is 5.95 Å². The lowest BCUT2D eigenvalue weighted by atomic mass is 10.2. The lowest BCUT2D eigenvalue weighted by molar-refractivity contribution is 0.601. The number of anilines is 1. The summed E-state index contributed by atoms with van der Waals surface area (Å²) in [5, 5.41) is -0.0780. The van der Waals surface area contributed by atoms with Crippen LogP contribution in [-0.2, 0) is 10.0 Å². The molecule has 0 amide bonds. The third-order valence-corrected chi connectivity index (χ3v) is 4.59. The zero-order valence-corrected chi connectivity index (χ0v) is 12.9. The number of aromatic amines is 1. The number of sulfonamides is 1. The van der Waals surface area contributed by atoms with Gasteiger partial charge in [0.15, 0.2) is 0 Å². The summed E-state index contributed by atoms with van der Waals surface area (Å²) in [5.41, 5.74) is 5.75. The molecule has 0 bridgehead atoms. The van der Waals surface area contributed by atoms with Gasteiger partial charge >= 0.3 is 0 Å². The Hall–Kier alpha value is -1.72. The number of hydrogen-bond acceptors (Lipinski definition) is 4. The first-order chi connectivity index (χ1) is 9.94. The summed E-state index contributed by atoms with van der Waals surface area (Å²) in [6, 6.07) is 2.82. The molecular weight excluding hydrogens is 335 g/mol. The zero-order valence-electron chi connectivity index (χ0n) is 10.5. The maximum atomic E-state index is 12.3. The van der Waals surface area contributed by atoms with Crippen molar-refractivity contribution in [3.8, 4) is 11.8 Å². The molecule has 1 heterocycles. The Labute approximate surface area is 131 Å². The number of nitrogens with two attached hydrogens (primary N) is 1. The summed E-state index contributed by atoms with van der Waals surface area (Å²) in [7, 11) is -3.96. The lowest BCUT2D eigenvalue weighted by Gasteiger charge is -2.09. The van der Waals surface area contributed by atoms with Crippen molar-refractivity contribution in [3.63, 3.8) is 0 Å². The molecule has 0 aliphatic carbocycles. The summed E-state index contributed by atoms with van der Waals surface area (Å²) in [6.45, 7) is 0.176. The Morgan fingerprint density at radius 3 is 2.52 bits per heavy atom. The van der Waals surface area contributed by atoms with Crippen LogP contribution in [0.2, 0.25) is 10.0 Å². The molecule has 1 aromatic carbocycles. The van der Waals surface area contributed by atoms with Crippen molar-refractivity contribution >= 4 is 39.2 Å². The first-order valence-corrected chi connectivity index (χ1v) is 7.88. The fourth-order valence-corrected chi connectivity index (χ4v) is 3.74. The molecular formula is C12H10Cl2N4O2S. The molecule has 0 saturated carbocycles. The molecule has 0 atom stereocenters. The SMILES string of the molecule is NCC#Cc1cc(Cl)c(S(=O)(=O)Nc2ncc[nH]2)c(Cl)c1. The van der Waals surface area contributed by atoms with Crippen LogP contribution in [0.4, 0.5) is 5.95 Å². The van der Waals surface area contributed by atoms with Crippen LogP contribution in [0.15, 0.2) is 29.4 Å². The molecule has 0 aliphatic heterocycles. The summed E-state index contributed by atoms with van der Waals surface area (Å²) in [4.78, 5) is 6.16. The Kier molecular flexibility index (Phi) is 4.75. The first-order valence-electron chi connectivity index (χ1n) is 5.64. The van der Waals surface area contributed by atoms with E-state index in [4.69, 9.17) is 28.9 Å². The number of imidazole rings is 1. The fraction of sp³-hybridized carbons (Fsp3) is 0.0833. The van der Waals surface area contributed by atoms with E-state index in [1.54, 1.807) is 0 Å². The van der Waals surface area contributed by atoms with Crippen LogP contribution in [0.3, 0.4) is 0 Å². The van der Waals surface area contributed by atoms with Crippen molar-refractivity contribution < 1.29 is 8.42 Å². The number of nitrogens with one attached hydrogen (secondary N) is 2. The highest BCUT2D eigenvalue weighted by Crippen LogP contribution is 2.31. The first kappa shape index (κ1) is 15.7. The van der Waals surface area contributed by atoms with Crippen LogP contribution in [0.5, 0.6) is 0 Å². The quantitative estimate of drug-likeness (QED) is 0.739. The van der Waals surface area contributed by atoms with Gasteiger partial charge in [-0.15, -0.1) is 0 Å². The molecule has 0 saturated heterocycles. The van der Waals surface area contributed by atoms with E-state index in [1.165, 1.54) is 24.5 Å². The second-order valence-electron chi connectivity index (χ2n) is 3.82. The van der Waals surface area contributed by atoms with Gasteiger partial charge in [-0.3, -0.25) is 0 Å². The van der Waals surface area contributed by atoms with Crippen LogP contribution in [0, 0.1) is 11.8 Å². The van der Waals surface area contributed by atoms with Crippen LogP contribution in [0.25, 0.3) is 0 Å². The Bertz CT molecular complexity index is 785. The van der Waals surface area contributed by atoms with Gasteiger partial charge in [0.05, 0.1) is 16.6 Å². The Morgan fingerprint density at radius 2 is 2.00 bits per heavy atom. The molecule has 2 rings (SSSR count). The van der Waals surface area contributed by atoms with Crippen molar-refractivity contribution in [1.82, 2.24) is 9.97 Å². The van der Waals surface area contributed by atoms with E-state index in [-0.39, 0.29) is 27.4 Å². The van der Waals surface area contributed by atoms with Crippen molar-refractivity contribution in [2.75, 3.05) is 11.3 Å². The summed E-state index contributed by atoms with van der Waals surface area (Å²) >= 11 is 12.0. The van der Waals surface area contributed by atoms with Crippen LogP contribution in [0.1, 0.15) is 5.56 Å². The molecule has 0 aliphatic rings. The lowest BCUT2D eigenvalue weighted by Crippen LogP contribution is -2.15. The number of rotatable bonds is 3. The zero-order chi connectivity index (χ0) is 15.5. The summed E-state index contributed by atoms with van der Waals surface area (Å²) in [6.07, 6.45) is 2.89.